The van der Waals surface area contributed by atoms with Gasteiger partial charge in [-0.3, -0.25) is 9.59 Å². The lowest BCUT2D eigenvalue weighted by Crippen LogP contribution is -2.50. The molecule has 24 heavy (non-hydrogen) atoms. The van der Waals surface area contributed by atoms with Crippen molar-refractivity contribution in [3.05, 3.63) is 34.9 Å². The van der Waals surface area contributed by atoms with E-state index in [-0.39, 0.29) is 42.7 Å². The van der Waals surface area contributed by atoms with Gasteiger partial charge in [0.2, 0.25) is 11.8 Å². The molecule has 134 valence electrons. The normalized spacial score (nSPS) is 21.3. The summed E-state index contributed by atoms with van der Waals surface area (Å²) in [6.45, 7) is 5.38. The highest BCUT2D eigenvalue weighted by Crippen LogP contribution is 2.20. The van der Waals surface area contributed by atoms with Crippen LogP contribution in [0.3, 0.4) is 0 Å². The minimum atomic E-state index is -0.350. The van der Waals surface area contributed by atoms with Gasteiger partial charge in [0.25, 0.3) is 0 Å². The molecule has 0 radical (unpaired) electrons. The molecule has 0 bridgehead atoms. The molecule has 0 aromatic heterocycles. The van der Waals surface area contributed by atoms with Crippen molar-refractivity contribution in [2.75, 3.05) is 13.1 Å². The number of carbonyl (C=O) groups is 2. The topological polar surface area (TPSA) is 70.2 Å². The second kappa shape index (κ2) is 9.87. The molecular formula is C17H25Cl2N3O2. The molecule has 3 unspecified atom stereocenters. The molecule has 1 saturated heterocycles. The molecule has 2 rings (SSSR count). The standard InChI is InChI=1S/C17H24ClN3O2.ClH/c1-11-7-8-19-10-16(11)21-17(23)9-15(20-12(2)22)13-3-5-14(18)6-4-13;/h3-6,11,15-16,19H,7-10H2,1-2H3,(H,20,22)(H,21,23);1H. The van der Waals surface area contributed by atoms with Crippen LogP contribution in [-0.2, 0) is 9.59 Å². The highest BCUT2D eigenvalue weighted by molar-refractivity contribution is 6.30. The van der Waals surface area contributed by atoms with Crippen molar-refractivity contribution >= 4 is 35.8 Å². The zero-order valence-electron chi connectivity index (χ0n) is 14.0. The monoisotopic (exact) mass is 373 g/mol. The van der Waals surface area contributed by atoms with Crippen LogP contribution in [-0.4, -0.2) is 30.9 Å². The third-order valence-electron chi connectivity index (χ3n) is 4.21. The van der Waals surface area contributed by atoms with Crippen LogP contribution in [0.5, 0.6) is 0 Å². The quantitative estimate of drug-likeness (QED) is 0.742. The lowest BCUT2D eigenvalue weighted by Gasteiger charge is -2.30. The predicted octanol–water partition coefficient (Wildman–Crippen LogP) is 2.44. The van der Waals surface area contributed by atoms with Crippen molar-refractivity contribution < 1.29 is 9.59 Å². The molecule has 5 nitrogen and oxygen atoms in total. The van der Waals surface area contributed by atoms with Crippen LogP contribution in [0.15, 0.2) is 24.3 Å². The van der Waals surface area contributed by atoms with Crippen LogP contribution in [0, 0.1) is 5.92 Å². The number of carbonyl (C=O) groups excluding carboxylic acids is 2. The number of nitrogens with one attached hydrogen (secondary N) is 3. The smallest absolute Gasteiger partial charge is 0.222 e. The first-order chi connectivity index (χ1) is 11.0. The third kappa shape index (κ3) is 6.30. The van der Waals surface area contributed by atoms with Crippen molar-refractivity contribution in [3.8, 4) is 0 Å². The average Bonchev–Trinajstić information content (AvgIpc) is 2.49. The van der Waals surface area contributed by atoms with E-state index in [1.54, 1.807) is 12.1 Å². The van der Waals surface area contributed by atoms with E-state index >= 15 is 0 Å². The highest BCUT2D eigenvalue weighted by atomic mass is 35.5. The summed E-state index contributed by atoms with van der Waals surface area (Å²) in [5.74, 6) is 0.236. The molecule has 3 N–H and O–H groups in total. The summed E-state index contributed by atoms with van der Waals surface area (Å²) in [6, 6.07) is 6.98. The maximum atomic E-state index is 12.4. The fourth-order valence-corrected chi connectivity index (χ4v) is 2.95. The van der Waals surface area contributed by atoms with E-state index in [1.165, 1.54) is 6.92 Å². The Morgan fingerprint density at radius 2 is 2.00 bits per heavy atom. The molecule has 1 aromatic rings. The number of hydrogen-bond donors (Lipinski definition) is 3. The molecule has 0 aliphatic carbocycles. The first-order valence-electron chi connectivity index (χ1n) is 7.98. The summed E-state index contributed by atoms with van der Waals surface area (Å²) in [7, 11) is 0. The number of hydrogen-bond acceptors (Lipinski definition) is 3. The van der Waals surface area contributed by atoms with E-state index < -0.39 is 0 Å². The number of benzene rings is 1. The maximum absolute atomic E-state index is 12.4. The number of amides is 2. The van der Waals surface area contributed by atoms with Crippen LogP contribution in [0.25, 0.3) is 0 Å². The first-order valence-corrected chi connectivity index (χ1v) is 8.36. The van der Waals surface area contributed by atoms with Crippen molar-refractivity contribution in [1.29, 1.82) is 0 Å². The van der Waals surface area contributed by atoms with Crippen LogP contribution >= 0.6 is 24.0 Å². The lowest BCUT2D eigenvalue weighted by molar-refractivity contribution is -0.123. The molecule has 1 aromatic carbocycles. The number of halogens is 2. The van der Waals surface area contributed by atoms with Crippen molar-refractivity contribution in [2.45, 2.75) is 38.8 Å². The van der Waals surface area contributed by atoms with E-state index in [4.69, 9.17) is 11.6 Å². The van der Waals surface area contributed by atoms with Crippen LogP contribution in [0.4, 0.5) is 0 Å². The van der Waals surface area contributed by atoms with Crippen molar-refractivity contribution in [2.24, 2.45) is 5.92 Å². The Morgan fingerprint density at radius 1 is 1.33 bits per heavy atom. The van der Waals surface area contributed by atoms with E-state index in [0.29, 0.717) is 10.9 Å². The third-order valence-corrected chi connectivity index (χ3v) is 4.47. The van der Waals surface area contributed by atoms with Gasteiger partial charge in [-0.2, -0.15) is 0 Å². The molecule has 7 heteroatoms. The van der Waals surface area contributed by atoms with E-state index in [1.807, 2.05) is 12.1 Å². The van der Waals surface area contributed by atoms with Crippen LogP contribution in [0.2, 0.25) is 5.02 Å². The summed E-state index contributed by atoms with van der Waals surface area (Å²) in [5, 5.41) is 9.83. The highest BCUT2D eigenvalue weighted by Gasteiger charge is 2.24. The van der Waals surface area contributed by atoms with Gasteiger partial charge in [-0.15, -0.1) is 12.4 Å². The van der Waals surface area contributed by atoms with Crippen LogP contribution < -0.4 is 16.0 Å². The molecular weight excluding hydrogens is 349 g/mol. The summed E-state index contributed by atoms with van der Waals surface area (Å²) in [5.41, 5.74) is 0.870. The molecule has 3 atom stereocenters. The largest absolute Gasteiger partial charge is 0.352 e. The van der Waals surface area contributed by atoms with E-state index in [2.05, 4.69) is 22.9 Å². The Hall–Kier alpha value is -1.30. The lowest BCUT2D eigenvalue weighted by atomic mass is 9.94. The fourth-order valence-electron chi connectivity index (χ4n) is 2.83. The van der Waals surface area contributed by atoms with Crippen molar-refractivity contribution in [1.82, 2.24) is 16.0 Å². The van der Waals surface area contributed by atoms with Crippen LogP contribution in [0.1, 0.15) is 38.3 Å². The van der Waals surface area contributed by atoms with Crippen molar-refractivity contribution in [3.63, 3.8) is 0 Å². The van der Waals surface area contributed by atoms with Gasteiger partial charge >= 0.3 is 0 Å². The zero-order valence-corrected chi connectivity index (χ0v) is 15.5. The number of rotatable bonds is 5. The van der Waals surface area contributed by atoms with E-state index in [9.17, 15) is 9.59 Å². The summed E-state index contributed by atoms with van der Waals surface area (Å²) >= 11 is 5.90. The molecule has 1 fully saturated rings. The maximum Gasteiger partial charge on any atom is 0.222 e. The molecule has 1 aliphatic rings. The Balaban J connectivity index is 0.00000288. The Labute approximate surface area is 154 Å². The van der Waals surface area contributed by atoms with Gasteiger partial charge in [0.05, 0.1) is 12.5 Å². The SMILES string of the molecule is CC(=O)NC(CC(=O)NC1CNCCC1C)c1ccc(Cl)cc1.Cl. The molecule has 1 aliphatic heterocycles. The zero-order chi connectivity index (χ0) is 16.8. The van der Waals surface area contributed by atoms with Gasteiger partial charge in [-0.25, -0.2) is 0 Å². The summed E-state index contributed by atoms with van der Waals surface area (Å²) in [6.07, 6.45) is 1.27. The molecule has 2 amide bonds. The van der Waals surface area contributed by atoms with Gasteiger partial charge in [0.1, 0.15) is 0 Å². The van der Waals surface area contributed by atoms with Gasteiger partial charge in [0.15, 0.2) is 0 Å². The van der Waals surface area contributed by atoms with Gasteiger partial charge in [-0.1, -0.05) is 30.7 Å². The fraction of sp³-hybridized carbons (Fsp3) is 0.529. The molecule has 0 saturated carbocycles. The minimum Gasteiger partial charge on any atom is -0.352 e. The van der Waals surface area contributed by atoms with Gasteiger partial charge < -0.3 is 16.0 Å². The predicted molar refractivity (Wildman–Crippen MR) is 98.5 cm³/mol. The second-order valence-corrected chi connectivity index (χ2v) is 6.59. The molecule has 0 spiro atoms. The Kier molecular flexibility index (Phi) is 8.53. The summed E-state index contributed by atoms with van der Waals surface area (Å²) in [4.78, 5) is 23.8. The Bertz CT molecular complexity index is 551. The first kappa shape index (κ1) is 20.7. The molecule has 1 heterocycles. The van der Waals surface area contributed by atoms with Gasteiger partial charge in [-0.05, 0) is 36.6 Å². The van der Waals surface area contributed by atoms with Gasteiger partial charge in [0, 0.05) is 24.5 Å². The second-order valence-electron chi connectivity index (χ2n) is 6.15. The minimum absolute atomic E-state index is 0. The average molecular weight is 374 g/mol. The number of piperidine rings is 1. The summed E-state index contributed by atoms with van der Waals surface area (Å²) < 4.78 is 0. The Morgan fingerprint density at radius 3 is 2.58 bits per heavy atom. The van der Waals surface area contributed by atoms with E-state index in [0.717, 1.165) is 25.1 Å².